The first-order valence-corrected chi connectivity index (χ1v) is 6.41. The fourth-order valence-corrected chi connectivity index (χ4v) is 1.96. The molecule has 0 spiro atoms. The molecule has 1 aliphatic rings. The Morgan fingerprint density at radius 1 is 1.10 bits per heavy atom. The van der Waals surface area contributed by atoms with Crippen molar-refractivity contribution in [1.82, 2.24) is 0 Å². The quantitative estimate of drug-likeness (QED) is 0.813. The van der Waals surface area contributed by atoms with E-state index in [2.05, 4.69) is 0 Å². The van der Waals surface area contributed by atoms with Gasteiger partial charge < -0.3 is 14.2 Å². The second-order valence-corrected chi connectivity index (χ2v) is 4.71. The van der Waals surface area contributed by atoms with Gasteiger partial charge >= 0.3 is 5.97 Å². The predicted octanol–water partition coefficient (Wildman–Crippen LogP) is 3.43. The van der Waals surface area contributed by atoms with E-state index in [1.807, 2.05) is 12.1 Å². The van der Waals surface area contributed by atoms with E-state index in [1.165, 1.54) is 0 Å². The Hall–Kier alpha value is -2.20. The maximum atomic E-state index is 11.9. The summed E-state index contributed by atoms with van der Waals surface area (Å²) in [4.78, 5) is 11.9. The molecule has 0 saturated carbocycles. The van der Waals surface area contributed by atoms with Gasteiger partial charge in [-0.05, 0) is 35.9 Å². The standard InChI is InChI=1S/C15H11ClO4/c16-12-4-1-10(2-5-12)8-18-15(17)11-3-6-13-14(7-11)20-9-19-13/h1-7H,8-9H2. The number of esters is 1. The molecule has 0 N–H and O–H groups in total. The molecule has 2 aromatic carbocycles. The molecular formula is C15H11ClO4. The number of hydrogen-bond donors (Lipinski definition) is 0. The molecule has 5 heteroatoms. The van der Waals surface area contributed by atoms with Crippen LogP contribution in [0.3, 0.4) is 0 Å². The Morgan fingerprint density at radius 2 is 1.85 bits per heavy atom. The van der Waals surface area contributed by atoms with Crippen molar-refractivity contribution in [3.05, 3.63) is 58.6 Å². The number of benzene rings is 2. The third-order valence-electron chi connectivity index (χ3n) is 2.89. The highest BCUT2D eigenvalue weighted by Crippen LogP contribution is 2.32. The summed E-state index contributed by atoms with van der Waals surface area (Å²) in [7, 11) is 0. The molecule has 0 atom stereocenters. The molecule has 0 amide bonds. The van der Waals surface area contributed by atoms with Crippen LogP contribution in [0.4, 0.5) is 0 Å². The van der Waals surface area contributed by atoms with Crippen molar-refractivity contribution in [2.45, 2.75) is 6.61 Å². The number of carbonyl (C=O) groups is 1. The molecule has 0 saturated heterocycles. The minimum absolute atomic E-state index is 0.179. The maximum absolute atomic E-state index is 11.9. The van der Waals surface area contributed by atoms with Crippen molar-refractivity contribution in [3.63, 3.8) is 0 Å². The van der Waals surface area contributed by atoms with E-state index in [4.69, 9.17) is 25.8 Å². The van der Waals surface area contributed by atoms with Gasteiger partial charge in [0, 0.05) is 5.02 Å². The van der Waals surface area contributed by atoms with Crippen LogP contribution in [0.25, 0.3) is 0 Å². The molecule has 0 aliphatic carbocycles. The van der Waals surface area contributed by atoms with Crippen molar-refractivity contribution in [3.8, 4) is 11.5 Å². The summed E-state index contributed by atoms with van der Waals surface area (Å²) in [5, 5.41) is 0.649. The second kappa shape index (κ2) is 5.43. The smallest absolute Gasteiger partial charge is 0.338 e. The van der Waals surface area contributed by atoms with Gasteiger partial charge in [0.25, 0.3) is 0 Å². The van der Waals surface area contributed by atoms with E-state index in [1.54, 1.807) is 30.3 Å². The first kappa shape index (κ1) is 12.8. The van der Waals surface area contributed by atoms with Crippen molar-refractivity contribution in [2.75, 3.05) is 6.79 Å². The zero-order chi connectivity index (χ0) is 13.9. The van der Waals surface area contributed by atoms with Crippen LogP contribution in [0.15, 0.2) is 42.5 Å². The van der Waals surface area contributed by atoms with Gasteiger partial charge in [0.15, 0.2) is 11.5 Å². The molecule has 20 heavy (non-hydrogen) atoms. The predicted molar refractivity (Wildman–Crippen MR) is 73.1 cm³/mol. The first-order valence-electron chi connectivity index (χ1n) is 6.03. The molecule has 1 aliphatic heterocycles. The Morgan fingerprint density at radius 3 is 2.65 bits per heavy atom. The van der Waals surface area contributed by atoms with Crippen molar-refractivity contribution in [1.29, 1.82) is 0 Å². The van der Waals surface area contributed by atoms with Crippen LogP contribution in [-0.2, 0) is 11.3 Å². The third kappa shape index (κ3) is 2.70. The van der Waals surface area contributed by atoms with Crippen LogP contribution < -0.4 is 9.47 Å². The van der Waals surface area contributed by atoms with E-state index in [-0.39, 0.29) is 13.4 Å². The largest absolute Gasteiger partial charge is 0.457 e. The molecule has 2 aromatic rings. The lowest BCUT2D eigenvalue weighted by atomic mass is 10.2. The molecule has 0 unspecified atom stereocenters. The molecule has 102 valence electrons. The van der Waals surface area contributed by atoms with E-state index < -0.39 is 5.97 Å². The van der Waals surface area contributed by atoms with E-state index in [0.29, 0.717) is 22.1 Å². The van der Waals surface area contributed by atoms with E-state index in [9.17, 15) is 4.79 Å². The van der Waals surface area contributed by atoms with Gasteiger partial charge in [0.1, 0.15) is 6.61 Å². The van der Waals surface area contributed by atoms with Gasteiger partial charge in [0.2, 0.25) is 6.79 Å². The van der Waals surface area contributed by atoms with Gasteiger partial charge in [-0.3, -0.25) is 0 Å². The summed E-state index contributed by atoms with van der Waals surface area (Å²) in [6.07, 6.45) is 0. The molecule has 1 heterocycles. The zero-order valence-electron chi connectivity index (χ0n) is 10.5. The van der Waals surface area contributed by atoms with E-state index in [0.717, 1.165) is 5.56 Å². The van der Waals surface area contributed by atoms with Crippen LogP contribution in [0.5, 0.6) is 11.5 Å². The molecule has 0 aromatic heterocycles. The average molecular weight is 291 g/mol. The topological polar surface area (TPSA) is 44.8 Å². The first-order chi connectivity index (χ1) is 9.72. The monoisotopic (exact) mass is 290 g/mol. The highest BCUT2D eigenvalue weighted by molar-refractivity contribution is 6.30. The summed E-state index contributed by atoms with van der Waals surface area (Å²) in [6, 6.07) is 12.1. The minimum Gasteiger partial charge on any atom is -0.457 e. The molecule has 3 rings (SSSR count). The number of fused-ring (bicyclic) bond motifs is 1. The number of halogens is 1. The second-order valence-electron chi connectivity index (χ2n) is 4.27. The number of rotatable bonds is 3. The van der Waals surface area contributed by atoms with Gasteiger partial charge in [-0.1, -0.05) is 23.7 Å². The SMILES string of the molecule is O=C(OCc1ccc(Cl)cc1)c1ccc2c(c1)OCO2. The van der Waals surface area contributed by atoms with Crippen LogP contribution in [0.2, 0.25) is 5.02 Å². The highest BCUT2D eigenvalue weighted by atomic mass is 35.5. The fourth-order valence-electron chi connectivity index (χ4n) is 1.84. The normalized spacial score (nSPS) is 12.2. The summed E-state index contributed by atoms with van der Waals surface area (Å²) in [5.41, 5.74) is 1.31. The lowest BCUT2D eigenvalue weighted by Gasteiger charge is -2.06. The molecule has 0 fully saturated rings. The van der Waals surface area contributed by atoms with Gasteiger partial charge in [-0.15, -0.1) is 0 Å². The van der Waals surface area contributed by atoms with Crippen molar-refractivity contribution in [2.24, 2.45) is 0 Å². The summed E-state index contributed by atoms with van der Waals surface area (Å²) >= 11 is 5.79. The lowest BCUT2D eigenvalue weighted by Crippen LogP contribution is -2.05. The Kier molecular flexibility index (Phi) is 3.48. The fraction of sp³-hybridized carbons (Fsp3) is 0.133. The molecule has 0 bridgehead atoms. The number of carbonyl (C=O) groups excluding carboxylic acids is 1. The Bertz CT molecular complexity index is 637. The third-order valence-corrected chi connectivity index (χ3v) is 3.14. The van der Waals surface area contributed by atoms with Gasteiger partial charge in [-0.25, -0.2) is 4.79 Å². The average Bonchev–Trinajstić information content (AvgIpc) is 2.93. The molecule has 0 radical (unpaired) electrons. The van der Waals surface area contributed by atoms with Crippen LogP contribution in [-0.4, -0.2) is 12.8 Å². The summed E-state index contributed by atoms with van der Waals surface area (Å²) < 4.78 is 15.6. The van der Waals surface area contributed by atoms with Crippen molar-refractivity contribution < 1.29 is 19.0 Å². The molecular weight excluding hydrogens is 280 g/mol. The van der Waals surface area contributed by atoms with Gasteiger partial charge in [0.05, 0.1) is 5.56 Å². The minimum atomic E-state index is -0.404. The summed E-state index contributed by atoms with van der Waals surface area (Å²) in [5.74, 6) is 0.795. The highest BCUT2D eigenvalue weighted by Gasteiger charge is 2.16. The Labute approximate surface area is 120 Å². The van der Waals surface area contributed by atoms with E-state index >= 15 is 0 Å². The van der Waals surface area contributed by atoms with Gasteiger partial charge in [-0.2, -0.15) is 0 Å². The van der Waals surface area contributed by atoms with Crippen LogP contribution >= 0.6 is 11.6 Å². The maximum Gasteiger partial charge on any atom is 0.338 e. The molecule has 4 nitrogen and oxygen atoms in total. The number of hydrogen-bond acceptors (Lipinski definition) is 4. The van der Waals surface area contributed by atoms with Crippen LogP contribution in [0.1, 0.15) is 15.9 Å². The lowest BCUT2D eigenvalue weighted by molar-refractivity contribution is 0.0472. The van der Waals surface area contributed by atoms with Crippen molar-refractivity contribution >= 4 is 17.6 Å². The summed E-state index contributed by atoms with van der Waals surface area (Å²) in [6.45, 7) is 0.378. The zero-order valence-corrected chi connectivity index (χ0v) is 11.2. The number of ether oxygens (including phenoxy) is 3. The Balaban J connectivity index is 1.66. The van der Waals surface area contributed by atoms with Crippen LogP contribution in [0, 0.1) is 0 Å².